The van der Waals surface area contributed by atoms with Gasteiger partial charge in [-0.1, -0.05) is 42.5 Å². The molecule has 0 spiro atoms. The van der Waals surface area contributed by atoms with Crippen molar-refractivity contribution in [3.8, 4) is 0 Å². The number of amides is 1. The molecule has 2 unspecified atom stereocenters. The number of hydrogen-bond donors (Lipinski definition) is 2. The van der Waals surface area contributed by atoms with Gasteiger partial charge in [-0.05, 0) is 49.6 Å². The van der Waals surface area contributed by atoms with E-state index in [1.807, 2.05) is 45.9 Å². The fourth-order valence-corrected chi connectivity index (χ4v) is 5.50. The number of nitrogens with zero attached hydrogens (tertiary/aromatic N) is 1. The van der Waals surface area contributed by atoms with E-state index in [2.05, 4.69) is 39.6 Å². The lowest BCUT2D eigenvalue weighted by Crippen LogP contribution is -2.33. The van der Waals surface area contributed by atoms with Crippen LogP contribution in [0.5, 0.6) is 0 Å². The summed E-state index contributed by atoms with van der Waals surface area (Å²) in [5, 5.41) is 5.83. The summed E-state index contributed by atoms with van der Waals surface area (Å²) in [6.45, 7) is 7.83. The number of aromatic nitrogens is 2. The maximum atomic E-state index is 12.8. The van der Waals surface area contributed by atoms with Crippen LogP contribution in [0.2, 0.25) is 0 Å². The predicted octanol–water partition coefficient (Wildman–Crippen LogP) is 5.25. The number of aromatic amines is 1. The first-order valence-electron chi connectivity index (χ1n) is 10.2. The molecule has 31 heavy (non-hydrogen) atoms. The van der Waals surface area contributed by atoms with Crippen molar-refractivity contribution in [3.63, 3.8) is 0 Å². The number of carbonyl (C=O) groups is 1. The van der Waals surface area contributed by atoms with Gasteiger partial charge in [-0.15, -0.1) is 23.1 Å². The van der Waals surface area contributed by atoms with Crippen molar-refractivity contribution >= 4 is 50.0 Å². The minimum atomic E-state index is -0.273. The zero-order valence-corrected chi connectivity index (χ0v) is 19.6. The smallest absolute Gasteiger partial charge is 0.259 e. The van der Waals surface area contributed by atoms with E-state index in [4.69, 9.17) is 0 Å². The highest BCUT2D eigenvalue weighted by molar-refractivity contribution is 7.99. The van der Waals surface area contributed by atoms with Gasteiger partial charge in [0.2, 0.25) is 5.91 Å². The Morgan fingerprint density at radius 2 is 1.90 bits per heavy atom. The maximum Gasteiger partial charge on any atom is 0.259 e. The fraction of sp³-hybridized carbons (Fsp3) is 0.292. The average molecular weight is 452 g/mol. The molecular weight excluding hydrogens is 426 g/mol. The zero-order chi connectivity index (χ0) is 22.1. The molecule has 0 aliphatic rings. The van der Waals surface area contributed by atoms with Crippen LogP contribution in [0.1, 0.15) is 41.7 Å². The minimum Gasteiger partial charge on any atom is -0.349 e. The number of fused-ring (bicyclic) bond motifs is 2. The molecule has 7 heteroatoms. The van der Waals surface area contributed by atoms with Crippen LogP contribution < -0.4 is 10.9 Å². The van der Waals surface area contributed by atoms with E-state index in [9.17, 15) is 9.59 Å². The highest BCUT2D eigenvalue weighted by Gasteiger charge is 2.19. The second-order valence-corrected chi connectivity index (χ2v) is 10.3. The number of hydrogen-bond acceptors (Lipinski definition) is 5. The molecule has 0 bridgehead atoms. The summed E-state index contributed by atoms with van der Waals surface area (Å²) in [6, 6.07) is 14.2. The first-order chi connectivity index (χ1) is 14.8. The molecule has 2 heterocycles. The Hall–Kier alpha value is -2.64. The maximum absolute atomic E-state index is 12.8. The minimum absolute atomic E-state index is 0.0309. The Morgan fingerprint density at radius 3 is 2.71 bits per heavy atom. The van der Waals surface area contributed by atoms with E-state index >= 15 is 0 Å². The topological polar surface area (TPSA) is 74.8 Å². The SMILES string of the molecule is Cc1sc2nc(CSC(C)C(=O)NC(C)c3cccc4ccccc34)[nH]c(=O)c2c1C. The zero-order valence-electron chi connectivity index (χ0n) is 18.0. The van der Waals surface area contributed by atoms with Gasteiger partial charge in [-0.25, -0.2) is 4.98 Å². The molecule has 2 aromatic heterocycles. The number of rotatable bonds is 6. The van der Waals surface area contributed by atoms with Crippen molar-refractivity contribution in [2.75, 3.05) is 0 Å². The molecular formula is C24H25N3O2S2. The molecule has 2 aromatic carbocycles. The summed E-state index contributed by atoms with van der Waals surface area (Å²) in [5.41, 5.74) is 1.98. The van der Waals surface area contributed by atoms with E-state index in [-0.39, 0.29) is 22.8 Å². The lowest BCUT2D eigenvalue weighted by Gasteiger charge is -2.19. The number of benzene rings is 2. The summed E-state index contributed by atoms with van der Waals surface area (Å²) in [4.78, 5) is 34.6. The Balaban J connectivity index is 1.43. The van der Waals surface area contributed by atoms with Crippen molar-refractivity contribution in [3.05, 3.63) is 74.6 Å². The fourth-order valence-electron chi connectivity index (χ4n) is 3.68. The van der Waals surface area contributed by atoms with Gasteiger partial charge in [0.05, 0.1) is 22.4 Å². The molecule has 0 aliphatic heterocycles. The van der Waals surface area contributed by atoms with Gasteiger partial charge in [0, 0.05) is 4.88 Å². The van der Waals surface area contributed by atoms with E-state index in [0.29, 0.717) is 17.0 Å². The molecule has 160 valence electrons. The van der Waals surface area contributed by atoms with Gasteiger partial charge in [-0.2, -0.15) is 0 Å². The third kappa shape index (κ3) is 4.38. The van der Waals surface area contributed by atoms with Crippen LogP contribution in [0.25, 0.3) is 21.0 Å². The molecule has 0 fully saturated rings. The lowest BCUT2D eigenvalue weighted by atomic mass is 9.99. The van der Waals surface area contributed by atoms with E-state index in [1.165, 1.54) is 23.1 Å². The number of aryl methyl sites for hydroxylation is 2. The molecule has 0 saturated heterocycles. The van der Waals surface area contributed by atoms with Gasteiger partial charge in [-0.3, -0.25) is 9.59 Å². The standard InChI is InChI=1S/C24H25N3O2S2/c1-13-15(3)31-24-21(13)23(29)26-20(27-24)12-30-16(4)22(28)25-14(2)18-11-7-9-17-8-5-6-10-19(17)18/h5-11,14,16H,12H2,1-4H3,(H,25,28)(H,26,27,29). The highest BCUT2D eigenvalue weighted by atomic mass is 32.2. The summed E-state index contributed by atoms with van der Waals surface area (Å²) < 4.78 is 0. The van der Waals surface area contributed by atoms with Gasteiger partial charge >= 0.3 is 0 Å². The van der Waals surface area contributed by atoms with Crippen molar-refractivity contribution in [2.45, 2.75) is 44.7 Å². The second kappa shape index (κ2) is 8.85. The van der Waals surface area contributed by atoms with Crippen LogP contribution in [0.3, 0.4) is 0 Å². The Morgan fingerprint density at radius 1 is 1.16 bits per heavy atom. The largest absolute Gasteiger partial charge is 0.349 e. The Kier molecular flexibility index (Phi) is 6.16. The van der Waals surface area contributed by atoms with Crippen molar-refractivity contribution < 1.29 is 4.79 Å². The molecule has 4 rings (SSSR count). The van der Waals surface area contributed by atoms with Crippen LogP contribution in [-0.4, -0.2) is 21.1 Å². The van der Waals surface area contributed by atoms with Crippen molar-refractivity contribution in [2.24, 2.45) is 0 Å². The number of H-pyrrole nitrogens is 1. The first kappa shape index (κ1) is 21.6. The predicted molar refractivity (Wildman–Crippen MR) is 131 cm³/mol. The Labute approximate surface area is 189 Å². The van der Waals surface area contributed by atoms with Crippen LogP contribution in [-0.2, 0) is 10.5 Å². The van der Waals surface area contributed by atoms with Crippen LogP contribution in [0, 0.1) is 13.8 Å². The summed E-state index contributed by atoms with van der Waals surface area (Å²) in [5.74, 6) is 1.04. The average Bonchev–Trinajstić information content (AvgIpc) is 3.05. The van der Waals surface area contributed by atoms with E-state index in [0.717, 1.165) is 31.6 Å². The number of thioether (sulfide) groups is 1. The molecule has 2 atom stereocenters. The van der Waals surface area contributed by atoms with Crippen LogP contribution >= 0.6 is 23.1 Å². The normalized spacial score (nSPS) is 13.4. The van der Waals surface area contributed by atoms with Crippen molar-refractivity contribution in [1.82, 2.24) is 15.3 Å². The second-order valence-electron chi connectivity index (χ2n) is 7.73. The monoisotopic (exact) mass is 451 g/mol. The number of nitrogens with one attached hydrogen (secondary N) is 2. The molecule has 2 N–H and O–H groups in total. The molecule has 4 aromatic rings. The number of carbonyl (C=O) groups excluding carboxylic acids is 1. The molecule has 0 aliphatic carbocycles. The van der Waals surface area contributed by atoms with Gasteiger partial charge in [0.25, 0.3) is 5.56 Å². The highest BCUT2D eigenvalue weighted by Crippen LogP contribution is 2.27. The quantitative estimate of drug-likeness (QED) is 0.420. The summed E-state index contributed by atoms with van der Waals surface area (Å²) in [7, 11) is 0. The third-order valence-electron chi connectivity index (χ3n) is 5.58. The molecule has 0 saturated carbocycles. The van der Waals surface area contributed by atoms with Gasteiger partial charge in [0.1, 0.15) is 10.7 Å². The third-order valence-corrected chi connectivity index (χ3v) is 7.83. The molecule has 1 amide bonds. The van der Waals surface area contributed by atoms with Crippen LogP contribution in [0.4, 0.5) is 0 Å². The lowest BCUT2D eigenvalue weighted by molar-refractivity contribution is -0.120. The Bertz CT molecular complexity index is 1320. The number of thiophene rings is 1. The summed E-state index contributed by atoms with van der Waals surface area (Å²) in [6.07, 6.45) is 0. The van der Waals surface area contributed by atoms with Gasteiger partial charge in [0.15, 0.2) is 0 Å². The molecule has 5 nitrogen and oxygen atoms in total. The first-order valence-corrected chi connectivity index (χ1v) is 12.1. The van der Waals surface area contributed by atoms with E-state index < -0.39 is 0 Å². The van der Waals surface area contributed by atoms with Gasteiger partial charge < -0.3 is 10.3 Å². The van der Waals surface area contributed by atoms with E-state index in [1.54, 1.807) is 0 Å². The molecule has 0 radical (unpaired) electrons. The van der Waals surface area contributed by atoms with Crippen molar-refractivity contribution in [1.29, 1.82) is 0 Å². The summed E-state index contributed by atoms with van der Waals surface area (Å²) >= 11 is 3.00. The van der Waals surface area contributed by atoms with Crippen LogP contribution in [0.15, 0.2) is 47.3 Å².